The molecule has 1 unspecified atom stereocenters. The van der Waals surface area contributed by atoms with Gasteiger partial charge in [-0.1, -0.05) is 0 Å². The third-order valence-electron chi connectivity index (χ3n) is 1.16. The molecule has 0 aliphatic heterocycles. The molecule has 0 aromatic heterocycles. The zero-order valence-corrected chi connectivity index (χ0v) is 7.07. The molecular formula is C5H12CrO5. The molecule has 0 fully saturated rings. The molecule has 0 rings (SSSR count). The van der Waals surface area contributed by atoms with E-state index >= 15 is 0 Å². The summed E-state index contributed by atoms with van der Waals surface area (Å²) < 4.78 is 0. The summed E-state index contributed by atoms with van der Waals surface area (Å²) in [6.45, 7) is -1.28. The molecule has 0 bridgehead atoms. The van der Waals surface area contributed by atoms with Crippen molar-refractivity contribution in [2.45, 2.75) is 18.3 Å². The third kappa shape index (κ3) is 4.72. The van der Waals surface area contributed by atoms with E-state index in [4.69, 9.17) is 25.5 Å². The Morgan fingerprint density at radius 3 is 1.27 bits per heavy atom. The van der Waals surface area contributed by atoms with Crippen LogP contribution in [0, 0.1) is 0 Å². The van der Waals surface area contributed by atoms with Crippen LogP contribution >= 0.6 is 0 Å². The first-order valence-corrected chi connectivity index (χ1v) is 2.89. The van der Waals surface area contributed by atoms with Gasteiger partial charge in [0, 0.05) is 17.4 Å². The molecule has 6 heteroatoms. The largest absolute Gasteiger partial charge is 0.394 e. The summed E-state index contributed by atoms with van der Waals surface area (Å²) in [4.78, 5) is 0. The normalized spacial score (nSPS) is 18.3. The van der Waals surface area contributed by atoms with Crippen LogP contribution in [-0.2, 0) is 17.4 Å². The maximum absolute atomic E-state index is 8.77. The van der Waals surface area contributed by atoms with Gasteiger partial charge in [0.1, 0.15) is 18.3 Å². The van der Waals surface area contributed by atoms with Crippen molar-refractivity contribution in [2.24, 2.45) is 0 Å². The van der Waals surface area contributed by atoms with Gasteiger partial charge in [-0.25, -0.2) is 0 Å². The summed E-state index contributed by atoms with van der Waals surface area (Å²) in [5.74, 6) is 0. The van der Waals surface area contributed by atoms with Crippen LogP contribution in [-0.4, -0.2) is 57.1 Å². The summed E-state index contributed by atoms with van der Waals surface area (Å²) in [5.41, 5.74) is 0. The number of aliphatic hydroxyl groups excluding tert-OH is 5. The van der Waals surface area contributed by atoms with Crippen LogP contribution in [0.25, 0.3) is 0 Å². The van der Waals surface area contributed by atoms with Crippen molar-refractivity contribution < 1.29 is 42.9 Å². The SMILES string of the molecule is OC[C@@H](O)C(O)[C@@H](O)CO.[Cr]. The average molecular weight is 204 g/mol. The molecule has 0 aliphatic carbocycles. The molecule has 5 N–H and O–H groups in total. The van der Waals surface area contributed by atoms with Gasteiger partial charge >= 0.3 is 0 Å². The van der Waals surface area contributed by atoms with Gasteiger partial charge in [-0.3, -0.25) is 0 Å². The van der Waals surface area contributed by atoms with E-state index in [1.807, 2.05) is 0 Å². The standard InChI is InChI=1S/C5H12O5.Cr/c6-1-3(8)5(10)4(9)2-7;/h3-10H,1-2H2;/t3-,4+,5?;. The minimum atomic E-state index is -1.49. The molecule has 0 spiro atoms. The Morgan fingerprint density at radius 1 is 0.818 bits per heavy atom. The Morgan fingerprint density at radius 2 is 1.09 bits per heavy atom. The molecule has 5 nitrogen and oxygen atoms in total. The van der Waals surface area contributed by atoms with Crippen molar-refractivity contribution in [1.82, 2.24) is 0 Å². The number of hydrogen-bond donors (Lipinski definition) is 5. The van der Waals surface area contributed by atoms with Gasteiger partial charge in [0.05, 0.1) is 13.2 Å². The smallest absolute Gasteiger partial charge is 0.110 e. The molecule has 68 valence electrons. The molecule has 0 radical (unpaired) electrons. The average Bonchev–Trinajstić information content (AvgIpc) is 2.00. The Hall–Kier alpha value is 0.332. The Labute approximate surface area is 75.0 Å². The molecule has 0 amide bonds. The van der Waals surface area contributed by atoms with E-state index in [1.165, 1.54) is 0 Å². The molecule has 0 aliphatic rings. The van der Waals surface area contributed by atoms with Crippen molar-refractivity contribution >= 4 is 0 Å². The molecule has 0 saturated heterocycles. The third-order valence-corrected chi connectivity index (χ3v) is 1.16. The summed E-state index contributed by atoms with van der Waals surface area (Å²) in [6.07, 6.45) is -4.29. The summed E-state index contributed by atoms with van der Waals surface area (Å²) in [5, 5.41) is 42.6. The fourth-order valence-electron chi connectivity index (χ4n) is 0.472. The second-order valence-corrected chi connectivity index (χ2v) is 1.99. The van der Waals surface area contributed by atoms with Crippen molar-refractivity contribution in [3.05, 3.63) is 0 Å². The van der Waals surface area contributed by atoms with Crippen molar-refractivity contribution in [3.8, 4) is 0 Å². The molecule has 0 heterocycles. The quantitative estimate of drug-likeness (QED) is 0.337. The van der Waals surface area contributed by atoms with E-state index in [2.05, 4.69) is 0 Å². The maximum atomic E-state index is 8.77. The zero-order valence-electron chi connectivity index (χ0n) is 5.79. The van der Waals surface area contributed by atoms with Crippen LogP contribution in [0.15, 0.2) is 0 Å². The van der Waals surface area contributed by atoms with Gasteiger partial charge in [-0.15, -0.1) is 0 Å². The molecular weight excluding hydrogens is 192 g/mol. The maximum Gasteiger partial charge on any atom is 0.110 e. The van der Waals surface area contributed by atoms with Crippen LogP contribution in [0.4, 0.5) is 0 Å². The first-order chi connectivity index (χ1) is 4.63. The zero-order chi connectivity index (χ0) is 8.15. The molecule has 3 atom stereocenters. The monoisotopic (exact) mass is 204 g/mol. The van der Waals surface area contributed by atoms with E-state index in [1.54, 1.807) is 0 Å². The molecule has 0 aromatic rings. The molecule has 0 aromatic carbocycles. The Balaban J connectivity index is 0. The van der Waals surface area contributed by atoms with E-state index in [-0.39, 0.29) is 17.4 Å². The Bertz CT molecular complexity index is 80.9. The predicted octanol–water partition coefficient (Wildman–Crippen LogP) is -2.95. The summed E-state index contributed by atoms with van der Waals surface area (Å²) in [7, 11) is 0. The molecule has 0 saturated carbocycles. The fourth-order valence-corrected chi connectivity index (χ4v) is 0.472. The van der Waals surface area contributed by atoms with Crippen LogP contribution in [0.2, 0.25) is 0 Å². The van der Waals surface area contributed by atoms with E-state index in [9.17, 15) is 0 Å². The predicted molar refractivity (Wildman–Crippen MR) is 32.2 cm³/mol. The minimum Gasteiger partial charge on any atom is -0.394 e. The number of rotatable bonds is 4. The van der Waals surface area contributed by atoms with Crippen molar-refractivity contribution in [1.29, 1.82) is 0 Å². The number of aliphatic hydroxyl groups is 5. The Kier molecular flexibility index (Phi) is 8.85. The fraction of sp³-hybridized carbons (Fsp3) is 1.00. The first kappa shape index (κ1) is 13.9. The van der Waals surface area contributed by atoms with Gasteiger partial charge in [-0.05, 0) is 0 Å². The number of hydrogen-bond acceptors (Lipinski definition) is 5. The summed E-state index contributed by atoms with van der Waals surface area (Å²) >= 11 is 0. The van der Waals surface area contributed by atoms with E-state index in [0.29, 0.717) is 0 Å². The first-order valence-electron chi connectivity index (χ1n) is 2.89. The van der Waals surface area contributed by atoms with Crippen molar-refractivity contribution in [3.63, 3.8) is 0 Å². The minimum absolute atomic E-state index is 0. The van der Waals surface area contributed by atoms with Crippen LogP contribution in [0.5, 0.6) is 0 Å². The van der Waals surface area contributed by atoms with Gasteiger partial charge in [0.25, 0.3) is 0 Å². The summed E-state index contributed by atoms with van der Waals surface area (Å²) in [6, 6.07) is 0. The topological polar surface area (TPSA) is 101 Å². The van der Waals surface area contributed by atoms with Crippen LogP contribution in [0.3, 0.4) is 0 Å². The van der Waals surface area contributed by atoms with Crippen LogP contribution in [0.1, 0.15) is 0 Å². The van der Waals surface area contributed by atoms with Gasteiger partial charge in [-0.2, -0.15) is 0 Å². The van der Waals surface area contributed by atoms with Gasteiger partial charge in [0.2, 0.25) is 0 Å². The van der Waals surface area contributed by atoms with Gasteiger partial charge in [0.15, 0.2) is 0 Å². The molecule has 11 heavy (non-hydrogen) atoms. The van der Waals surface area contributed by atoms with Crippen molar-refractivity contribution in [2.75, 3.05) is 13.2 Å². The second kappa shape index (κ2) is 7.01. The van der Waals surface area contributed by atoms with E-state index < -0.39 is 31.5 Å². The van der Waals surface area contributed by atoms with E-state index in [0.717, 1.165) is 0 Å². The van der Waals surface area contributed by atoms with Gasteiger partial charge < -0.3 is 25.5 Å². The second-order valence-electron chi connectivity index (χ2n) is 1.99. The van der Waals surface area contributed by atoms with Crippen LogP contribution < -0.4 is 0 Å².